The first-order valence-corrected chi connectivity index (χ1v) is 10.7. The van der Waals surface area contributed by atoms with Crippen molar-refractivity contribution in [2.75, 3.05) is 6.54 Å². The molecule has 0 spiro atoms. The predicted octanol–water partition coefficient (Wildman–Crippen LogP) is 4.82. The number of hydrogen-bond acceptors (Lipinski definition) is 4. The summed E-state index contributed by atoms with van der Waals surface area (Å²) in [6.07, 6.45) is 4.61. The lowest BCUT2D eigenvalue weighted by Crippen LogP contribution is -2.25. The average molecular weight is 397 g/mol. The molecular weight excluding hydrogens is 368 g/mol. The van der Waals surface area contributed by atoms with E-state index in [2.05, 4.69) is 53.7 Å². The Morgan fingerprint density at radius 1 is 1.18 bits per heavy atom. The highest BCUT2D eigenvalue weighted by atomic mass is 32.1. The van der Waals surface area contributed by atoms with Crippen LogP contribution in [0, 0.1) is 13.8 Å². The van der Waals surface area contributed by atoms with Crippen LogP contribution in [0.25, 0.3) is 5.69 Å². The molecule has 0 unspecified atom stereocenters. The number of benzene rings is 1. The van der Waals surface area contributed by atoms with Crippen LogP contribution in [0.3, 0.4) is 0 Å². The Hall–Kier alpha value is -2.47. The Labute approximate surface area is 170 Å². The standard InChI is InChI=1S/C22H28N4OS/c1-15(2)21-19(13-24-26(21)18-10-8-16(3)9-11-18)22(27)23-12-6-5-7-20-25-17(4)14-28-20/h8-11,13-15H,5-7,12H2,1-4H3,(H,23,27). The van der Waals surface area contributed by atoms with Gasteiger partial charge in [-0.25, -0.2) is 9.67 Å². The molecule has 0 aliphatic heterocycles. The second kappa shape index (κ2) is 9.15. The number of thiazole rings is 1. The molecule has 0 fully saturated rings. The van der Waals surface area contributed by atoms with Crippen molar-refractivity contribution in [3.8, 4) is 5.69 Å². The fraction of sp³-hybridized carbons (Fsp3) is 0.409. The molecule has 0 bridgehead atoms. The van der Waals surface area contributed by atoms with Crippen LogP contribution in [-0.4, -0.2) is 27.2 Å². The van der Waals surface area contributed by atoms with Crippen LogP contribution in [0.5, 0.6) is 0 Å². The van der Waals surface area contributed by atoms with Gasteiger partial charge in [-0.2, -0.15) is 5.10 Å². The Kier molecular flexibility index (Phi) is 6.62. The fourth-order valence-corrected chi connectivity index (χ4v) is 4.01. The summed E-state index contributed by atoms with van der Waals surface area (Å²) >= 11 is 1.71. The van der Waals surface area contributed by atoms with Crippen LogP contribution in [0.4, 0.5) is 0 Å². The molecule has 6 heteroatoms. The summed E-state index contributed by atoms with van der Waals surface area (Å²) < 4.78 is 1.88. The first-order chi connectivity index (χ1) is 13.5. The Bertz CT molecular complexity index is 924. The van der Waals surface area contributed by atoms with Crippen molar-refractivity contribution >= 4 is 17.2 Å². The van der Waals surface area contributed by atoms with Gasteiger partial charge in [-0.1, -0.05) is 31.5 Å². The van der Waals surface area contributed by atoms with Crippen LogP contribution in [-0.2, 0) is 6.42 Å². The van der Waals surface area contributed by atoms with E-state index in [1.165, 1.54) is 10.6 Å². The van der Waals surface area contributed by atoms with E-state index in [0.29, 0.717) is 12.1 Å². The molecular formula is C22H28N4OS. The molecule has 3 aromatic rings. The van der Waals surface area contributed by atoms with E-state index in [1.54, 1.807) is 17.5 Å². The summed E-state index contributed by atoms with van der Waals surface area (Å²) in [5, 5.41) is 10.8. The number of nitrogens with zero attached hydrogens (tertiary/aromatic N) is 3. The van der Waals surface area contributed by atoms with Crippen LogP contribution in [0.2, 0.25) is 0 Å². The smallest absolute Gasteiger partial charge is 0.254 e. The minimum absolute atomic E-state index is 0.0489. The van der Waals surface area contributed by atoms with Crippen molar-refractivity contribution < 1.29 is 4.79 Å². The largest absolute Gasteiger partial charge is 0.352 e. The first-order valence-electron chi connectivity index (χ1n) is 9.80. The number of rotatable bonds is 8. The zero-order valence-corrected chi connectivity index (χ0v) is 17.8. The summed E-state index contributed by atoms with van der Waals surface area (Å²) in [4.78, 5) is 17.2. The van der Waals surface area contributed by atoms with Crippen LogP contribution in [0.15, 0.2) is 35.8 Å². The molecule has 0 radical (unpaired) electrons. The van der Waals surface area contributed by atoms with Crippen molar-refractivity contribution in [1.82, 2.24) is 20.1 Å². The lowest BCUT2D eigenvalue weighted by atomic mass is 10.0. The van der Waals surface area contributed by atoms with Crippen molar-refractivity contribution in [3.05, 3.63) is 63.4 Å². The van der Waals surface area contributed by atoms with E-state index >= 15 is 0 Å². The topological polar surface area (TPSA) is 59.8 Å². The van der Waals surface area contributed by atoms with Crippen LogP contribution in [0.1, 0.15) is 64.9 Å². The summed E-state index contributed by atoms with van der Waals surface area (Å²) in [7, 11) is 0. The lowest BCUT2D eigenvalue weighted by molar-refractivity contribution is 0.0951. The molecule has 0 atom stereocenters. The van der Waals surface area contributed by atoms with Gasteiger partial charge in [0.05, 0.1) is 28.1 Å². The third-order valence-electron chi connectivity index (χ3n) is 4.65. The molecule has 148 valence electrons. The summed E-state index contributed by atoms with van der Waals surface area (Å²) in [6.45, 7) is 8.92. The van der Waals surface area contributed by atoms with E-state index in [9.17, 15) is 4.79 Å². The molecule has 0 aliphatic rings. The third-order valence-corrected chi connectivity index (χ3v) is 5.67. The molecule has 1 amide bonds. The minimum atomic E-state index is -0.0489. The number of carbonyl (C=O) groups is 1. The molecule has 2 aromatic heterocycles. The quantitative estimate of drug-likeness (QED) is 0.555. The fourth-order valence-electron chi connectivity index (χ4n) is 3.20. The zero-order chi connectivity index (χ0) is 20.1. The van der Waals surface area contributed by atoms with Crippen molar-refractivity contribution in [1.29, 1.82) is 0 Å². The highest BCUT2D eigenvalue weighted by molar-refractivity contribution is 7.09. The highest BCUT2D eigenvalue weighted by Crippen LogP contribution is 2.23. The number of carbonyl (C=O) groups excluding carboxylic acids is 1. The summed E-state index contributed by atoms with van der Waals surface area (Å²) in [5.74, 6) is 0.143. The maximum Gasteiger partial charge on any atom is 0.254 e. The molecule has 0 aliphatic carbocycles. The average Bonchev–Trinajstić information content (AvgIpc) is 3.28. The number of hydrogen-bond donors (Lipinski definition) is 1. The number of amides is 1. The molecule has 1 N–H and O–H groups in total. The highest BCUT2D eigenvalue weighted by Gasteiger charge is 2.20. The minimum Gasteiger partial charge on any atom is -0.352 e. The Morgan fingerprint density at radius 3 is 2.57 bits per heavy atom. The van der Waals surface area contributed by atoms with Gasteiger partial charge in [0.1, 0.15) is 0 Å². The molecule has 0 saturated carbocycles. The third kappa shape index (κ3) is 4.87. The summed E-state index contributed by atoms with van der Waals surface area (Å²) in [5.41, 5.74) is 4.87. The first kappa shape index (κ1) is 20.3. The van der Waals surface area contributed by atoms with E-state index in [1.807, 2.05) is 23.7 Å². The van der Waals surface area contributed by atoms with Crippen molar-refractivity contribution in [2.24, 2.45) is 0 Å². The van der Waals surface area contributed by atoms with Gasteiger partial charge in [0, 0.05) is 17.6 Å². The van der Waals surface area contributed by atoms with E-state index < -0.39 is 0 Å². The van der Waals surface area contributed by atoms with E-state index in [-0.39, 0.29) is 11.8 Å². The summed E-state index contributed by atoms with van der Waals surface area (Å²) in [6, 6.07) is 8.20. The number of nitrogens with one attached hydrogen (secondary N) is 1. The predicted molar refractivity (Wildman–Crippen MR) is 115 cm³/mol. The van der Waals surface area contributed by atoms with E-state index in [0.717, 1.165) is 36.3 Å². The molecule has 3 rings (SSSR count). The molecule has 1 aromatic carbocycles. The van der Waals surface area contributed by atoms with Gasteiger partial charge in [-0.05, 0) is 51.2 Å². The molecule has 28 heavy (non-hydrogen) atoms. The molecule has 0 saturated heterocycles. The Morgan fingerprint density at radius 2 is 1.93 bits per heavy atom. The number of unbranched alkanes of at least 4 members (excludes halogenated alkanes) is 1. The second-order valence-corrected chi connectivity index (χ2v) is 8.38. The zero-order valence-electron chi connectivity index (χ0n) is 17.0. The molecule has 5 nitrogen and oxygen atoms in total. The van der Waals surface area contributed by atoms with Gasteiger partial charge >= 0.3 is 0 Å². The van der Waals surface area contributed by atoms with Crippen LogP contribution < -0.4 is 5.32 Å². The van der Waals surface area contributed by atoms with Gasteiger partial charge in [-0.3, -0.25) is 4.79 Å². The second-order valence-electron chi connectivity index (χ2n) is 7.44. The van der Waals surface area contributed by atoms with Crippen molar-refractivity contribution in [3.63, 3.8) is 0 Å². The van der Waals surface area contributed by atoms with Crippen molar-refractivity contribution in [2.45, 2.75) is 52.9 Å². The maximum atomic E-state index is 12.7. The van der Waals surface area contributed by atoms with Gasteiger partial charge < -0.3 is 5.32 Å². The van der Waals surface area contributed by atoms with Gasteiger partial charge in [0.2, 0.25) is 0 Å². The van der Waals surface area contributed by atoms with Gasteiger partial charge in [0.25, 0.3) is 5.91 Å². The monoisotopic (exact) mass is 396 g/mol. The molecule has 2 heterocycles. The Balaban J connectivity index is 1.60. The van der Waals surface area contributed by atoms with Gasteiger partial charge in [0.15, 0.2) is 0 Å². The van der Waals surface area contributed by atoms with E-state index in [4.69, 9.17) is 0 Å². The van der Waals surface area contributed by atoms with Crippen LogP contribution >= 0.6 is 11.3 Å². The normalized spacial score (nSPS) is 11.2. The maximum absolute atomic E-state index is 12.7. The SMILES string of the molecule is Cc1ccc(-n2ncc(C(=O)NCCCCc3nc(C)cs3)c2C(C)C)cc1. The lowest BCUT2D eigenvalue weighted by Gasteiger charge is -2.13. The number of aryl methyl sites for hydroxylation is 3. The van der Waals surface area contributed by atoms with Gasteiger partial charge in [-0.15, -0.1) is 11.3 Å². The number of aromatic nitrogens is 3.